The summed E-state index contributed by atoms with van der Waals surface area (Å²) in [7, 11) is 0. The van der Waals surface area contributed by atoms with E-state index in [-0.39, 0.29) is 18.9 Å². The van der Waals surface area contributed by atoms with E-state index in [0.717, 1.165) is 4.57 Å². The Hall–Kier alpha value is -2.90. The Morgan fingerprint density at radius 2 is 1.92 bits per heavy atom. The number of amides is 1. The van der Waals surface area contributed by atoms with Crippen LogP contribution < -0.4 is 16.6 Å². The largest absolute Gasteiger partial charge is 0.481 e. The highest BCUT2D eigenvalue weighted by molar-refractivity contribution is 5.82. The Morgan fingerprint density at radius 1 is 1.25 bits per heavy atom. The molecule has 3 N–H and O–H groups in total. The highest BCUT2D eigenvalue weighted by Gasteiger charge is 2.27. The van der Waals surface area contributed by atoms with Crippen molar-refractivity contribution in [3.05, 3.63) is 45.1 Å². The van der Waals surface area contributed by atoms with Crippen molar-refractivity contribution in [3.63, 3.8) is 0 Å². The number of carboxylic acid groups (broad SMARTS) is 1. The topological polar surface area (TPSA) is 121 Å². The van der Waals surface area contributed by atoms with Gasteiger partial charge in [0.25, 0.3) is 5.56 Å². The highest BCUT2D eigenvalue weighted by atomic mass is 16.4. The zero-order chi connectivity index (χ0) is 17.9. The molecule has 8 heteroatoms. The van der Waals surface area contributed by atoms with Gasteiger partial charge in [-0.3, -0.25) is 14.4 Å². The lowest BCUT2D eigenvalue weighted by Gasteiger charge is -2.22. The van der Waals surface area contributed by atoms with Gasteiger partial charge in [0.15, 0.2) is 0 Å². The average Bonchev–Trinajstić information content (AvgIpc) is 2.50. The van der Waals surface area contributed by atoms with Crippen LogP contribution in [-0.2, 0) is 9.59 Å². The van der Waals surface area contributed by atoms with Gasteiger partial charge in [-0.1, -0.05) is 26.0 Å². The van der Waals surface area contributed by atoms with Crippen molar-refractivity contribution in [1.82, 2.24) is 14.9 Å². The van der Waals surface area contributed by atoms with E-state index in [1.165, 1.54) is 0 Å². The Morgan fingerprint density at radius 3 is 2.54 bits per heavy atom. The van der Waals surface area contributed by atoms with E-state index in [1.54, 1.807) is 38.1 Å². The van der Waals surface area contributed by atoms with Gasteiger partial charge in [-0.2, -0.15) is 0 Å². The summed E-state index contributed by atoms with van der Waals surface area (Å²) >= 11 is 0. The molecule has 0 bridgehead atoms. The quantitative estimate of drug-likeness (QED) is 0.710. The van der Waals surface area contributed by atoms with E-state index in [0.29, 0.717) is 10.9 Å². The molecule has 2 rings (SSSR count). The summed E-state index contributed by atoms with van der Waals surface area (Å²) in [5, 5.41) is 11.4. The summed E-state index contributed by atoms with van der Waals surface area (Å²) in [5.74, 6) is -1.94. The minimum atomic E-state index is -1.04. The summed E-state index contributed by atoms with van der Waals surface area (Å²) in [6, 6.07) is 5.52. The van der Waals surface area contributed by atoms with Crippen molar-refractivity contribution >= 4 is 22.8 Å². The second-order valence-electron chi connectivity index (χ2n) is 5.77. The summed E-state index contributed by atoms with van der Waals surface area (Å²) in [4.78, 5) is 50.5. The highest BCUT2D eigenvalue weighted by Crippen LogP contribution is 2.15. The molecule has 0 saturated carbocycles. The van der Waals surface area contributed by atoms with Crippen LogP contribution in [0.25, 0.3) is 10.9 Å². The number of H-pyrrole nitrogens is 1. The second kappa shape index (κ2) is 7.12. The minimum Gasteiger partial charge on any atom is -0.481 e. The van der Waals surface area contributed by atoms with Crippen LogP contribution in [-0.4, -0.2) is 33.1 Å². The third-order valence-electron chi connectivity index (χ3n) is 3.65. The number of carboxylic acids is 1. The van der Waals surface area contributed by atoms with Crippen molar-refractivity contribution in [2.45, 2.75) is 26.3 Å². The standard InChI is InChI=1S/C16H19N3O5/c1-9(2)13(14(22)17-8-7-12(20)21)19-15(23)10-5-3-4-6-11(10)18-16(19)24/h3-6,9,13H,7-8H2,1-2H3,(H,17,22)(H,18,24)(H,20,21). The first-order valence-electron chi connectivity index (χ1n) is 7.56. The fourth-order valence-electron chi connectivity index (χ4n) is 2.54. The average molecular weight is 333 g/mol. The lowest BCUT2D eigenvalue weighted by Crippen LogP contribution is -2.46. The SMILES string of the molecule is CC(C)C(C(=O)NCCC(=O)O)n1c(=O)[nH]c2ccccc2c1=O. The van der Waals surface area contributed by atoms with Crippen LogP contribution in [0.5, 0.6) is 0 Å². The van der Waals surface area contributed by atoms with Crippen LogP contribution >= 0.6 is 0 Å². The second-order valence-corrected chi connectivity index (χ2v) is 5.77. The van der Waals surface area contributed by atoms with Crippen molar-refractivity contribution < 1.29 is 14.7 Å². The first-order valence-corrected chi connectivity index (χ1v) is 7.56. The van der Waals surface area contributed by atoms with Crippen LogP contribution in [0.1, 0.15) is 26.3 Å². The molecule has 1 aromatic carbocycles. The number of rotatable bonds is 6. The van der Waals surface area contributed by atoms with Crippen LogP contribution in [0.2, 0.25) is 0 Å². The zero-order valence-electron chi connectivity index (χ0n) is 13.4. The lowest BCUT2D eigenvalue weighted by atomic mass is 10.0. The van der Waals surface area contributed by atoms with Gasteiger partial charge in [0.05, 0.1) is 17.3 Å². The van der Waals surface area contributed by atoms with E-state index in [1.807, 2.05) is 0 Å². The lowest BCUT2D eigenvalue weighted by molar-refractivity contribution is -0.137. The van der Waals surface area contributed by atoms with Gasteiger partial charge in [-0.15, -0.1) is 0 Å². The molecule has 0 fully saturated rings. The number of hydrogen-bond donors (Lipinski definition) is 3. The van der Waals surface area contributed by atoms with Crippen molar-refractivity contribution in [2.24, 2.45) is 5.92 Å². The number of carbonyl (C=O) groups excluding carboxylic acids is 1. The molecule has 128 valence electrons. The third kappa shape index (κ3) is 3.53. The van der Waals surface area contributed by atoms with Crippen molar-refractivity contribution in [1.29, 1.82) is 0 Å². The van der Waals surface area contributed by atoms with E-state index < -0.39 is 29.2 Å². The number of hydrogen-bond acceptors (Lipinski definition) is 4. The molecule has 0 aliphatic rings. The van der Waals surface area contributed by atoms with Gasteiger partial charge in [-0.25, -0.2) is 9.36 Å². The van der Waals surface area contributed by atoms with Crippen LogP contribution in [0.3, 0.4) is 0 Å². The van der Waals surface area contributed by atoms with E-state index in [9.17, 15) is 19.2 Å². The molecule has 8 nitrogen and oxygen atoms in total. The predicted octanol–water partition coefficient (Wildman–Crippen LogP) is 0.478. The summed E-state index contributed by atoms with van der Waals surface area (Å²) in [6.07, 6.45) is -0.237. The number of benzene rings is 1. The fraction of sp³-hybridized carbons (Fsp3) is 0.375. The van der Waals surface area contributed by atoms with E-state index in [4.69, 9.17) is 5.11 Å². The van der Waals surface area contributed by atoms with E-state index in [2.05, 4.69) is 10.3 Å². The van der Waals surface area contributed by atoms with Crippen molar-refractivity contribution in [2.75, 3.05) is 6.54 Å². The van der Waals surface area contributed by atoms with Crippen molar-refractivity contribution in [3.8, 4) is 0 Å². The normalized spacial score (nSPS) is 12.3. The monoisotopic (exact) mass is 333 g/mol. The molecule has 24 heavy (non-hydrogen) atoms. The Kier molecular flexibility index (Phi) is 5.18. The first kappa shape index (κ1) is 17.5. The first-order chi connectivity index (χ1) is 11.3. The molecule has 0 spiro atoms. The molecular formula is C16H19N3O5. The Bertz CT molecular complexity index is 881. The Balaban J connectivity index is 2.47. The van der Waals surface area contributed by atoms with E-state index >= 15 is 0 Å². The third-order valence-corrected chi connectivity index (χ3v) is 3.65. The van der Waals surface area contributed by atoms with Crippen LogP contribution in [0, 0.1) is 5.92 Å². The molecular weight excluding hydrogens is 314 g/mol. The van der Waals surface area contributed by atoms with Gasteiger partial charge in [0.2, 0.25) is 5.91 Å². The molecule has 2 aromatic rings. The molecule has 1 aromatic heterocycles. The minimum absolute atomic E-state index is 0.0718. The number of aromatic amines is 1. The number of aromatic nitrogens is 2. The molecule has 0 saturated heterocycles. The smallest absolute Gasteiger partial charge is 0.329 e. The molecule has 0 aliphatic heterocycles. The molecule has 0 radical (unpaired) electrons. The number of para-hydroxylation sites is 1. The van der Waals surface area contributed by atoms with Gasteiger partial charge < -0.3 is 15.4 Å². The van der Waals surface area contributed by atoms with Gasteiger partial charge in [0, 0.05) is 6.54 Å². The van der Waals surface area contributed by atoms with Gasteiger partial charge >= 0.3 is 11.7 Å². The summed E-state index contributed by atoms with van der Waals surface area (Å²) in [6.45, 7) is 3.35. The van der Waals surface area contributed by atoms with Gasteiger partial charge in [0.1, 0.15) is 6.04 Å². The summed E-state index contributed by atoms with van der Waals surface area (Å²) in [5.41, 5.74) is -0.829. The number of nitrogens with one attached hydrogen (secondary N) is 2. The molecule has 1 amide bonds. The maximum absolute atomic E-state index is 12.7. The number of nitrogens with zero attached hydrogens (tertiary/aromatic N) is 1. The maximum Gasteiger partial charge on any atom is 0.329 e. The predicted molar refractivity (Wildman–Crippen MR) is 88.0 cm³/mol. The number of fused-ring (bicyclic) bond motifs is 1. The van der Waals surface area contributed by atoms with Crippen LogP contribution in [0.4, 0.5) is 0 Å². The molecule has 1 unspecified atom stereocenters. The number of aliphatic carboxylic acids is 1. The van der Waals surface area contributed by atoms with Crippen LogP contribution in [0.15, 0.2) is 33.9 Å². The fourth-order valence-corrected chi connectivity index (χ4v) is 2.54. The molecule has 0 aliphatic carbocycles. The Labute approximate surface area is 137 Å². The number of carbonyl (C=O) groups is 2. The molecule has 1 atom stereocenters. The van der Waals surface area contributed by atoms with Gasteiger partial charge in [-0.05, 0) is 18.1 Å². The molecule has 1 heterocycles. The zero-order valence-corrected chi connectivity index (χ0v) is 13.4. The maximum atomic E-state index is 12.7. The summed E-state index contributed by atoms with van der Waals surface area (Å²) < 4.78 is 0.892.